The number of carbonyl (C=O) groups is 1. The van der Waals surface area contributed by atoms with Crippen LogP contribution in [0, 0.1) is 12.8 Å². The van der Waals surface area contributed by atoms with Crippen LogP contribution in [0.4, 0.5) is 0 Å². The highest BCUT2D eigenvalue weighted by Crippen LogP contribution is 2.26. The first-order valence-electron chi connectivity index (χ1n) is 6.13. The predicted molar refractivity (Wildman–Crippen MR) is 70.5 cm³/mol. The lowest BCUT2D eigenvalue weighted by Crippen LogP contribution is -2.42. The summed E-state index contributed by atoms with van der Waals surface area (Å²) in [6, 6.07) is 2.10. The molecule has 0 aliphatic heterocycles. The van der Waals surface area contributed by atoms with Crippen molar-refractivity contribution in [3.63, 3.8) is 0 Å². The van der Waals surface area contributed by atoms with Gasteiger partial charge in [-0.25, -0.2) is 0 Å². The molecule has 0 radical (unpaired) electrons. The van der Waals surface area contributed by atoms with Crippen LogP contribution in [0.1, 0.15) is 41.8 Å². The summed E-state index contributed by atoms with van der Waals surface area (Å²) in [6.07, 6.45) is 6.29. The van der Waals surface area contributed by atoms with E-state index in [1.165, 1.54) is 19.3 Å². The molecule has 17 heavy (non-hydrogen) atoms. The lowest BCUT2D eigenvalue weighted by Gasteiger charge is -2.30. The second-order valence-corrected chi connectivity index (χ2v) is 5.36. The van der Waals surface area contributed by atoms with E-state index >= 15 is 0 Å². The number of furan rings is 1. The lowest BCUT2D eigenvalue weighted by atomic mass is 9.86. The molecule has 0 spiro atoms. The SMILES string of the molecule is Cc1ccoc1C(=O)NC1CCCCC1CBr. The number of halogens is 1. The molecule has 2 rings (SSSR count). The summed E-state index contributed by atoms with van der Waals surface area (Å²) in [6.45, 7) is 1.89. The highest BCUT2D eigenvalue weighted by molar-refractivity contribution is 9.09. The van der Waals surface area contributed by atoms with Crippen molar-refractivity contribution in [2.45, 2.75) is 38.6 Å². The van der Waals surface area contributed by atoms with Crippen LogP contribution in [0.3, 0.4) is 0 Å². The second-order valence-electron chi connectivity index (χ2n) is 4.71. The van der Waals surface area contributed by atoms with Gasteiger partial charge in [-0.15, -0.1) is 0 Å². The molecule has 94 valence electrons. The molecule has 0 bridgehead atoms. The highest BCUT2D eigenvalue weighted by Gasteiger charge is 2.26. The minimum atomic E-state index is -0.0784. The normalized spacial score (nSPS) is 24.6. The van der Waals surface area contributed by atoms with E-state index in [1.807, 2.05) is 13.0 Å². The van der Waals surface area contributed by atoms with E-state index in [0.29, 0.717) is 11.7 Å². The van der Waals surface area contributed by atoms with Crippen molar-refractivity contribution < 1.29 is 9.21 Å². The Morgan fingerprint density at radius 1 is 1.53 bits per heavy atom. The van der Waals surface area contributed by atoms with Crippen LogP contribution < -0.4 is 5.32 Å². The Hall–Kier alpha value is -0.770. The van der Waals surface area contributed by atoms with E-state index < -0.39 is 0 Å². The van der Waals surface area contributed by atoms with Crippen LogP contribution in [0.15, 0.2) is 16.7 Å². The van der Waals surface area contributed by atoms with Crippen molar-refractivity contribution in [3.8, 4) is 0 Å². The van der Waals surface area contributed by atoms with Crippen molar-refractivity contribution >= 4 is 21.8 Å². The fraction of sp³-hybridized carbons (Fsp3) is 0.615. The Labute approximate surface area is 110 Å². The third-order valence-corrected chi connectivity index (χ3v) is 4.32. The van der Waals surface area contributed by atoms with E-state index in [-0.39, 0.29) is 11.9 Å². The molecule has 1 aromatic heterocycles. The van der Waals surface area contributed by atoms with Gasteiger partial charge in [-0.05, 0) is 31.7 Å². The number of hydrogen-bond acceptors (Lipinski definition) is 2. The van der Waals surface area contributed by atoms with Gasteiger partial charge in [0.2, 0.25) is 0 Å². The summed E-state index contributed by atoms with van der Waals surface area (Å²) < 4.78 is 5.21. The fourth-order valence-corrected chi connectivity index (χ4v) is 3.20. The average Bonchev–Trinajstić information content (AvgIpc) is 2.76. The van der Waals surface area contributed by atoms with E-state index in [9.17, 15) is 4.79 Å². The Kier molecular flexibility index (Phi) is 4.26. The number of nitrogens with one attached hydrogen (secondary N) is 1. The molecule has 1 heterocycles. The molecule has 3 nitrogen and oxygen atoms in total. The molecule has 1 aromatic rings. The van der Waals surface area contributed by atoms with Gasteiger partial charge < -0.3 is 9.73 Å². The van der Waals surface area contributed by atoms with Crippen LogP contribution in [0.5, 0.6) is 0 Å². The monoisotopic (exact) mass is 299 g/mol. The van der Waals surface area contributed by atoms with Crippen molar-refractivity contribution in [2.75, 3.05) is 5.33 Å². The largest absolute Gasteiger partial charge is 0.459 e. The van der Waals surface area contributed by atoms with Gasteiger partial charge in [0, 0.05) is 16.9 Å². The Bertz CT molecular complexity index is 389. The van der Waals surface area contributed by atoms with Gasteiger partial charge in [0.1, 0.15) is 0 Å². The minimum Gasteiger partial charge on any atom is -0.459 e. The van der Waals surface area contributed by atoms with Gasteiger partial charge in [0.05, 0.1) is 6.26 Å². The van der Waals surface area contributed by atoms with Gasteiger partial charge in [-0.1, -0.05) is 28.8 Å². The van der Waals surface area contributed by atoms with Crippen molar-refractivity contribution in [1.82, 2.24) is 5.32 Å². The zero-order chi connectivity index (χ0) is 12.3. The Morgan fingerprint density at radius 3 is 2.94 bits per heavy atom. The first kappa shape index (κ1) is 12.7. The lowest BCUT2D eigenvalue weighted by molar-refractivity contribution is 0.0882. The smallest absolute Gasteiger partial charge is 0.287 e. The average molecular weight is 300 g/mol. The van der Waals surface area contributed by atoms with E-state index in [1.54, 1.807) is 6.26 Å². The number of hydrogen-bond donors (Lipinski definition) is 1. The molecule has 2 unspecified atom stereocenters. The van der Waals surface area contributed by atoms with E-state index in [2.05, 4.69) is 21.2 Å². The van der Waals surface area contributed by atoms with Gasteiger partial charge in [-0.3, -0.25) is 4.79 Å². The molecule has 1 N–H and O–H groups in total. The summed E-state index contributed by atoms with van der Waals surface area (Å²) in [7, 11) is 0. The standard InChI is InChI=1S/C13H18BrNO2/c1-9-6-7-17-12(9)13(16)15-11-5-3-2-4-10(11)8-14/h6-7,10-11H,2-5,8H2,1H3,(H,15,16). The number of aryl methyl sites for hydroxylation is 1. The maximum Gasteiger partial charge on any atom is 0.287 e. The molecule has 1 aliphatic carbocycles. The molecular formula is C13H18BrNO2. The minimum absolute atomic E-state index is 0.0784. The quantitative estimate of drug-likeness (QED) is 0.871. The summed E-state index contributed by atoms with van der Waals surface area (Å²) >= 11 is 3.53. The summed E-state index contributed by atoms with van der Waals surface area (Å²) in [5.41, 5.74) is 0.897. The number of alkyl halides is 1. The summed E-state index contributed by atoms with van der Waals surface area (Å²) in [5.74, 6) is 0.914. The number of rotatable bonds is 3. The number of amides is 1. The van der Waals surface area contributed by atoms with Crippen LogP contribution in [-0.4, -0.2) is 17.3 Å². The van der Waals surface area contributed by atoms with Gasteiger partial charge in [0.15, 0.2) is 5.76 Å². The maximum absolute atomic E-state index is 12.0. The van der Waals surface area contributed by atoms with Crippen LogP contribution in [-0.2, 0) is 0 Å². The van der Waals surface area contributed by atoms with Crippen LogP contribution in [0.25, 0.3) is 0 Å². The third kappa shape index (κ3) is 2.92. The molecular weight excluding hydrogens is 282 g/mol. The maximum atomic E-state index is 12.0. The Morgan fingerprint density at radius 2 is 2.29 bits per heavy atom. The van der Waals surface area contributed by atoms with Gasteiger partial charge >= 0.3 is 0 Å². The second kappa shape index (κ2) is 5.71. The zero-order valence-electron chi connectivity index (χ0n) is 10.0. The third-order valence-electron chi connectivity index (χ3n) is 3.49. The van der Waals surface area contributed by atoms with E-state index in [4.69, 9.17) is 4.42 Å². The van der Waals surface area contributed by atoms with Crippen molar-refractivity contribution in [2.24, 2.45) is 5.92 Å². The predicted octanol–water partition coefficient (Wildman–Crippen LogP) is 3.27. The summed E-state index contributed by atoms with van der Waals surface area (Å²) in [4.78, 5) is 12.0. The molecule has 2 atom stereocenters. The zero-order valence-corrected chi connectivity index (χ0v) is 11.6. The molecule has 0 saturated heterocycles. The molecule has 1 aliphatic rings. The first-order valence-corrected chi connectivity index (χ1v) is 7.25. The molecule has 0 aromatic carbocycles. The van der Waals surface area contributed by atoms with Crippen LogP contribution in [0.2, 0.25) is 0 Å². The molecule has 1 fully saturated rings. The topological polar surface area (TPSA) is 42.2 Å². The van der Waals surface area contributed by atoms with E-state index in [0.717, 1.165) is 17.3 Å². The highest BCUT2D eigenvalue weighted by atomic mass is 79.9. The van der Waals surface area contributed by atoms with Crippen LogP contribution >= 0.6 is 15.9 Å². The molecule has 4 heteroatoms. The number of carbonyl (C=O) groups excluding carboxylic acids is 1. The molecule has 1 amide bonds. The van der Waals surface area contributed by atoms with Crippen molar-refractivity contribution in [1.29, 1.82) is 0 Å². The van der Waals surface area contributed by atoms with Crippen molar-refractivity contribution in [3.05, 3.63) is 23.7 Å². The van der Waals surface area contributed by atoms with Gasteiger partial charge in [0.25, 0.3) is 5.91 Å². The first-order chi connectivity index (χ1) is 8.22. The fourth-order valence-electron chi connectivity index (χ4n) is 2.42. The van der Waals surface area contributed by atoms with Gasteiger partial charge in [-0.2, -0.15) is 0 Å². The molecule has 1 saturated carbocycles. The Balaban J connectivity index is 2.00. The summed E-state index contributed by atoms with van der Waals surface area (Å²) in [5, 5.41) is 4.05.